The molecule has 0 saturated carbocycles. The summed E-state index contributed by atoms with van der Waals surface area (Å²) >= 11 is 5.25. The van der Waals surface area contributed by atoms with Crippen LogP contribution in [0.25, 0.3) is 0 Å². The number of aryl methyl sites for hydroxylation is 2. The zero-order valence-corrected chi connectivity index (χ0v) is 22.6. The first-order chi connectivity index (χ1) is 17.4. The Labute approximate surface area is 216 Å². The molecule has 7 atom stereocenters. The van der Waals surface area contributed by atoms with E-state index in [0.717, 1.165) is 0 Å². The van der Waals surface area contributed by atoms with Crippen molar-refractivity contribution in [2.24, 2.45) is 5.92 Å². The van der Waals surface area contributed by atoms with Crippen LogP contribution >= 0.6 is 6.72 Å². The standard InChI is InChI=1S/C22H31N4O9PS/c1-5-14-15(7-18(33-14)26-9-13(4)20(28)24-22(26)30)35-36(31,37)32-10-16-11(2)6-17(34-16)25-8-12(3)19(27)23-21(25)29/h8-9,11,14-18H,5-7,10H2,1-4H3,(H,31,37)(H,23,27,29)(H,24,28,30)/t11-,14+,15-,16+,17+,18+,36?/m0/s1. The van der Waals surface area contributed by atoms with Gasteiger partial charge in [0.1, 0.15) is 12.5 Å². The fourth-order valence-corrected chi connectivity index (χ4v) is 6.03. The molecule has 2 aromatic heterocycles. The second-order valence-corrected chi connectivity index (χ2v) is 12.3. The van der Waals surface area contributed by atoms with Crippen molar-refractivity contribution in [3.8, 4) is 0 Å². The molecule has 204 valence electrons. The molecule has 0 radical (unpaired) electrons. The molecule has 4 rings (SSSR count). The van der Waals surface area contributed by atoms with E-state index in [-0.39, 0.29) is 18.9 Å². The van der Waals surface area contributed by atoms with Gasteiger partial charge in [0.05, 0.1) is 24.9 Å². The lowest BCUT2D eigenvalue weighted by molar-refractivity contribution is -0.0355. The molecule has 0 aromatic carbocycles. The average Bonchev–Trinajstić information content (AvgIpc) is 3.39. The maximum Gasteiger partial charge on any atom is 0.330 e. The van der Waals surface area contributed by atoms with Gasteiger partial charge in [-0.2, -0.15) is 0 Å². The van der Waals surface area contributed by atoms with Gasteiger partial charge >= 0.3 is 18.1 Å². The third kappa shape index (κ3) is 6.11. The van der Waals surface area contributed by atoms with E-state index in [4.69, 9.17) is 30.3 Å². The van der Waals surface area contributed by atoms with Crippen LogP contribution in [0.2, 0.25) is 0 Å². The molecule has 0 bridgehead atoms. The number of nitrogens with zero attached hydrogens (tertiary/aromatic N) is 2. The molecular formula is C22H31N4O9PS. The highest BCUT2D eigenvalue weighted by Crippen LogP contribution is 2.49. The zero-order chi connectivity index (χ0) is 27.1. The molecule has 37 heavy (non-hydrogen) atoms. The van der Waals surface area contributed by atoms with Gasteiger partial charge < -0.3 is 23.4 Å². The van der Waals surface area contributed by atoms with Crippen molar-refractivity contribution >= 4 is 18.5 Å². The van der Waals surface area contributed by atoms with Gasteiger partial charge in [-0.05, 0) is 44.4 Å². The van der Waals surface area contributed by atoms with E-state index in [1.807, 2.05) is 13.8 Å². The topological polar surface area (TPSA) is 167 Å². The van der Waals surface area contributed by atoms with E-state index >= 15 is 0 Å². The van der Waals surface area contributed by atoms with Gasteiger partial charge in [-0.15, -0.1) is 0 Å². The Morgan fingerprint density at radius 1 is 1.00 bits per heavy atom. The highest BCUT2D eigenvalue weighted by atomic mass is 32.5. The number of aromatic nitrogens is 4. The van der Waals surface area contributed by atoms with Crippen molar-refractivity contribution < 1.29 is 23.4 Å². The summed E-state index contributed by atoms with van der Waals surface area (Å²) in [5.41, 5.74) is -1.34. The van der Waals surface area contributed by atoms with Crippen LogP contribution in [0, 0.1) is 19.8 Å². The summed E-state index contributed by atoms with van der Waals surface area (Å²) in [5.74, 6) is -0.0305. The largest absolute Gasteiger partial charge is 0.352 e. The number of hydrogen-bond donors (Lipinski definition) is 3. The Hall–Kier alpha value is -2.19. The maximum absolute atomic E-state index is 12.3. The molecule has 0 spiro atoms. The average molecular weight is 559 g/mol. The van der Waals surface area contributed by atoms with Crippen molar-refractivity contribution in [3.63, 3.8) is 0 Å². The molecule has 3 N–H and O–H groups in total. The summed E-state index contributed by atoms with van der Waals surface area (Å²) in [6.45, 7) is 3.20. The second-order valence-electron chi connectivity index (χ2n) is 9.48. The summed E-state index contributed by atoms with van der Waals surface area (Å²) in [4.78, 5) is 63.2. The van der Waals surface area contributed by atoms with E-state index in [0.29, 0.717) is 24.0 Å². The van der Waals surface area contributed by atoms with Gasteiger partial charge in [-0.1, -0.05) is 13.8 Å². The highest BCUT2D eigenvalue weighted by molar-refractivity contribution is 8.07. The van der Waals surface area contributed by atoms with Crippen LogP contribution in [-0.2, 0) is 30.3 Å². The molecule has 0 amide bonds. The quantitative estimate of drug-likeness (QED) is 0.397. The molecule has 2 saturated heterocycles. The fourth-order valence-electron chi connectivity index (χ4n) is 4.56. The number of nitrogens with one attached hydrogen (secondary N) is 2. The lowest BCUT2D eigenvalue weighted by Gasteiger charge is -2.24. The lowest BCUT2D eigenvalue weighted by atomic mass is 10.0. The summed E-state index contributed by atoms with van der Waals surface area (Å²) in [7, 11) is 0. The number of H-pyrrole nitrogens is 2. The smallest absolute Gasteiger partial charge is 0.330 e. The summed E-state index contributed by atoms with van der Waals surface area (Å²) in [6, 6.07) is 0. The van der Waals surface area contributed by atoms with Crippen molar-refractivity contribution in [2.75, 3.05) is 6.61 Å². The van der Waals surface area contributed by atoms with Crippen LogP contribution in [0.5, 0.6) is 0 Å². The number of ether oxygens (including phenoxy) is 2. The first kappa shape index (κ1) is 27.8. The molecule has 2 fully saturated rings. The maximum atomic E-state index is 12.3. The van der Waals surface area contributed by atoms with Gasteiger partial charge in [-0.25, -0.2) is 9.59 Å². The number of rotatable bonds is 8. The Kier molecular flexibility index (Phi) is 8.19. The minimum absolute atomic E-state index is 0.0305. The predicted molar refractivity (Wildman–Crippen MR) is 136 cm³/mol. The number of aromatic amines is 2. The molecule has 15 heteroatoms. The van der Waals surface area contributed by atoms with Crippen molar-refractivity contribution in [3.05, 3.63) is 65.2 Å². The minimum atomic E-state index is -3.72. The molecule has 0 aliphatic carbocycles. The predicted octanol–water partition coefficient (Wildman–Crippen LogP) is 0.943. The monoisotopic (exact) mass is 558 g/mol. The summed E-state index contributed by atoms with van der Waals surface area (Å²) < 4.78 is 26.0. The summed E-state index contributed by atoms with van der Waals surface area (Å²) in [5, 5.41) is 0. The molecular weight excluding hydrogens is 527 g/mol. The molecule has 13 nitrogen and oxygen atoms in total. The Bertz CT molecular complexity index is 1430. The molecule has 2 aromatic rings. The van der Waals surface area contributed by atoms with Gasteiger partial charge in [-0.3, -0.25) is 28.7 Å². The SMILES string of the molecule is CC[C@H]1O[C@@H](n2cc(C)c(=O)[nH]c2=O)C[C@@H]1OP(O)(=S)OC[C@H]1O[C@@H](n2cc(C)c(=O)[nH]c2=O)C[C@@H]1C. The van der Waals surface area contributed by atoms with Gasteiger partial charge in [0, 0.05) is 29.9 Å². The normalized spacial score (nSPS) is 29.4. The molecule has 4 heterocycles. The summed E-state index contributed by atoms with van der Waals surface area (Å²) in [6.07, 6.45) is 1.27. The molecule has 2 aliphatic heterocycles. The van der Waals surface area contributed by atoms with E-state index < -0.39 is 60.0 Å². The molecule has 2 aliphatic rings. The van der Waals surface area contributed by atoms with Crippen LogP contribution in [0.4, 0.5) is 0 Å². The van der Waals surface area contributed by atoms with Crippen LogP contribution < -0.4 is 22.5 Å². The van der Waals surface area contributed by atoms with E-state index in [2.05, 4.69) is 9.97 Å². The van der Waals surface area contributed by atoms with Crippen molar-refractivity contribution in [1.29, 1.82) is 0 Å². The Balaban J connectivity index is 1.39. The minimum Gasteiger partial charge on any atom is -0.352 e. The van der Waals surface area contributed by atoms with Crippen LogP contribution in [-0.4, -0.2) is 48.9 Å². The first-order valence-electron chi connectivity index (χ1n) is 12.0. The third-order valence-corrected chi connectivity index (χ3v) is 8.29. The van der Waals surface area contributed by atoms with Crippen LogP contribution in [0.3, 0.4) is 0 Å². The first-order valence-corrected chi connectivity index (χ1v) is 14.6. The van der Waals surface area contributed by atoms with Crippen LogP contribution in [0.1, 0.15) is 56.7 Å². The Morgan fingerprint density at radius 2 is 1.51 bits per heavy atom. The van der Waals surface area contributed by atoms with Gasteiger partial charge in [0.15, 0.2) is 0 Å². The fraction of sp³-hybridized carbons (Fsp3) is 0.636. The lowest BCUT2D eigenvalue weighted by Crippen LogP contribution is -2.33. The van der Waals surface area contributed by atoms with Crippen molar-refractivity contribution in [1.82, 2.24) is 19.1 Å². The third-order valence-electron chi connectivity index (χ3n) is 6.71. The second kappa shape index (κ2) is 10.9. The molecule has 1 unspecified atom stereocenters. The number of hydrogen-bond acceptors (Lipinski definition) is 9. The van der Waals surface area contributed by atoms with Gasteiger partial charge in [0.2, 0.25) is 0 Å². The van der Waals surface area contributed by atoms with E-state index in [9.17, 15) is 24.1 Å². The highest BCUT2D eigenvalue weighted by Gasteiger charge is 2.41. The van der Waals surface area contributed by atoms with Gasteiger partial charge in [0.25, 0.3) is 11.1 Å². The van der Waals surface area contributed by atoms with Crippen molar-refractivity contribution in [2.45, 2.75) is 77.7 Å². The van der Waals surface area contributed by atoms with E-state index in [1.165, 1.54) is 21.5 Å². The van der Waals surface area contributed by atoms with Crippen LogP contribution in [0.15, 0.2) is 31.6 Å². The Morgan fingerprint density at radius 3 is 2.05 bits per heavy atom. The van der Waals surface area contributed by atoms with E-state index in [1.54, 1.807) is 13.8 Å². The zero-order valence-electron chi connectivity index (χ0n) is 20.9.